The lowest BCUT2D eigenvalue weighted by Gasteiger charge is -2.06. The minimum Gasteiger partial charge on any atom is -0.427 e. The van der Waals surface area contributed by atoms with Gasteiger partial charge in [-0.2, -0.15) is 0 Å². The number of rotatable bonds is 6. The summed E-state index contributed by atoms with van der Waals surface area (Å²) in [6.07, 6.45) is 3.79. The lowest BCUT2D eigenvalue weighted by atomic mass is 10.0. The van der Waals surface area contributed by atoms with E-state index in [0.29, 0.717) is 11.3 Å². The smallest absolute Gasteiger partial charge is 0.311 e. The van der Waals surface area contributed by atoms with Crippen LogP contribution in [0.3, 0.4) is 0 Å². The molecule has 0 amide bonds. The van der Waals surface area contributed by atoms with Crippen LogP contribution in [0, 0.1) is 13.3 Å². The minimum absolute atomic E-state index is 0.00308. The average Bonchev–Trinajstić information content (AvgIpc) is 3.39. The molecule has 0 bridgehead atoms. The number of benzene rings is 2. The number of hydrogen-bond acceptors (Lipinski definition) is 3. The summed E-state index contributed by atoms with van der Waals surface area (Å²) >= 11 is 0. The Labute approximate surface area is 135 Å². The number of ether oxygens (including phenoxy) is 1. The Bertz CT molecular complexity index is 752. The van der Waals surface area contributed by atoms with Crippen LogP contribution >= 0.6 is 0 Å². The Morgan fingerprint density at radius 2 is 1.43 bits per heavy atom. The zero-order chi connectivity index (χ0) is 16.2. The molecule has 3 heteroatoms. The zero-order valence-corrected chi connectivity index (χ0v) is 12.9. The van der Waals surface area contributed by atoms with Crippen molar-refractivity contribution in [3.05, 3.63) is 72.2 Å². The maximum atomic E-state index is 11.7. The van der Waals surface area contributed by atoms with Gasteiger partial charge in [0.05, 0.1) is 6.42 Å². The molecule has 0 heterocycles. The Hall–Kier alpha value is -2.68. The normalized spacial score (nSPS) is 12.5. The number of carbonyl (C=O) groups is 2. The number of Topliss-reactive ketones (excluding diaryl/α,β-unsaturated/α-hetero) is 1. The van der Waals surface area contributed by atoms with Gasteiger partial charge in [0, 0.05) is 12.8 Å². The first-order valence-corrected chi connectivity index (χ1v) is 7.58. The lowest BCUT2D eigenvalue weighted by Crippen LogP contribution is -2.10. The molecular formula is C20H17O3. The fourth-order valence-electron chi connectivity index (χ4n) is 2.23. The van der Waals surface area contributed by atoms with Gasteiger partial charge in [-0.3, -0.25) is 9.59 Å². The molecule has 0 fully saturated rings. The first-order valence-electron chi connectivity index (χ1n) is 7.58. The van der Waals surface area contributed by atoms with E-state index >= 15 is 0 Å². The van der Waals surface area contributed by atoms with Gasteiger partial charge in [0.25, 0.3) is 0 Å². The van der Waals surface area contributed by atoms with Crippen molar-refractivity contribution >= 4 is 11.8 Å². The van der Waals surface area contributed by atoms with E-state index in [4.69, 9.17) is 4.74 Å². The third-order valence-corrected chi connectivity index (χ3v) is 3.68. The van der Waals surface area contributed by atoms with Gasteiger partial charge in [0.1, 0.15) is 5.75 Å². The van der Waals surface area contributed by atoms with E-state index in [9.17, 15) is 9.59 Å². The molecule has 2 aromatic carbocycles. The largest absolute Gasteiger partial charge is 0.427 e. The molecule has 0 aliphatic heterocycles. The predicted molar refractivity (Wildman–Crippen MR) is 88.9 cm³/mol. The molecule has 1 aliphatic rings. The number of ketones is 1. The van der Waals surface area contributed by atoms with Gasteiger partial charge >= 0.3 is 5.97 Å². The summed E-state index contributed by atoms with van der Waals surface area (Å²) in [5.41, 5.74) is 4.11. The van der Waals surface area contributed by atoms with Crippen molar-refractivity contribution in [3.63, 3.8) is 0 Å². The van der Waals surface area contributed by atoms with E-state index in [1.54, 1.807) is 24.6 Å². The second kappa shape index (κ2) is 6.61. The Balaban J connectivity index is 1.56. The highest BCUT2D eigenvalue weighted by Gasteiger charge is 2.18. The van der Waals surface area contributed by atoms with Crippen molar-refractivity contribution in [1.82, 2.24) is 0 Å². The number of esters is 1. The van der Waals surface area contributed by atoms with Crippen molar-refractivity contribution in [3.8, 4) is 16.9 Å². The molecule has 3 rings (SSSR count). The summed E-state index contributed by atoms with van der Waals surface area (Å²) in [6.45, 7) is 2.05. The molecule has 0 saturated heterocycles. The van der Waals surface area contributed by atoms with Crippen molar-refractivity contribution in [2.24, 2.45) is 0 Å². The third-order valence-electron chi connectivity index (χ3n) is 3.68. The van der Waals surface area contributed by atoms with Crippen LogP contribution in [0.4, 0.5) is 0 Å². The van der Waals surface area contributed by atoms with Crippen LogP contribution in [0.1, 0.15) is 18.4 Å². The maximum Gasteiger partial charge on any atom is 0.311 e. The molecule has 0 unspecified atom stereocenters. The van der Waals surface area contributed by atoms with E-state index in [2.05, 4.69) is 31.2 Å². The summed E-state index contributed by atoms with van der Waals surface area (Å²) in [5.74, 6) is 0.106. The van der Waals surface area contributed by atoms with Crippen LogP contribution in [0.15, 0.2) is 60.2 Å². The summed E-state index contributed by atoms with van der Waals surface area (Å²) in [6, 6.07) is 15.6. The summed E-state index contributed by atoms with van der Waals surface area (Å²) < 4.78 is 5.25. The van der Waals surface area contributed by atoms with Gasteiger partial charge in [-0.15, -0.1) is 0 Å². The van der Waals surface area contributed by atoms with E-state index in [1.807, 2.05) is 12.1 Å². The van der Waals surface area contributed by atoms with Gasteiger partial charge < -0.3 is 4.74 Å². The highest BCUT2D eigenvalue weighted by molar-refractivity contribution is 6.03. The standard InChI is InChI=1S/C20H17O3/c1-14-2-4-15(5-3-14)16-8-10-18(11-9-16)23-20(22)13-12-19(21)17-6-7-17/h2-11H,12-13H2,1H3. The fourth-order valence-corrected chi connectivity index (χ4v) is 2.23. The van der Waals surface area contributed by atoms with Crippen molar-refractivity contribution < 1.29 is 14.3 Å². The first-order chi connectivity index (χ1) is 11.1. The maximum absolute atomic E-state index is 11.7. The Morgan fingerprint density at radius 1 is 0.870 bits per heavy atom. The molecule has 0 N–H and O–H groups in total. The van der Waals surface area contributed by atoms with E-state index in [1.165, 1.54) is 5.56 Å². The molecule has 23 heavy (non-hydrogen) atoms. The predicted octanol–water partition coefficient (Wildman–Crippen LogP) is 4.06. The second-order valence-corrected chi connectivity index (χ2v) is 5.58. The van der Waals surface area contributed by atoms with Gasteiger partial charge in [-0.1, -0.05) is 48.0 Å². The average molecular weight is 305 g/mol. The number of hydrogen-bond donors (Lipinski definition) is 0. The van der Waals surface area contributed by atoms with E-state index in [0.717, 1.165) is 11.1 Å². The molecular weight excluding hydrogens is 288 g/mol. The second-order valence-electron chi connectivity index (χ2n) is 5.58. The van der Waals surface area contributed by atoms with Crippen molar-refractivity contribution in [1.29, 1.82) is 0 Å². The highest BCUT2D eigenvalue weighted by atomic mass is 16.5. The van der Waals surface area contributed by atoms with Crippen molar-refractivity contribution in [2.75, 3.05) is 0 Å². The zero-order valence-electron chi connectivity index (χ0n) is 12.9. The Morgan fingerprint density at radius 3 is 2.00 bits per heavy atom. The molecule has 1 aliphatic carbocycles. The van der Waals surface area contributed by atoms with Crippen LogP contribution in [0.2, 0.25) is 0 Å². The minimum atomic E-state index is -0.386. The van der Waals surface area contributed by atoms with E-state index < -0.39 is 0 Å². The number of allylic oxidation sites excluding steroid dienone is 2. The summed E-state index contributed by atoms with van der Waals surface area (Å²) in [5, 5.41) is 0. The number of aryl methyl sites for hydroxylation is 1. The quantitative estimate of drug-likeness (QED) is 0.597. The molecule has 0 aromatic heterocycles. The SMILES string of the molecule is Cc1ccc(-c2ccc(OC(=O)CCC(=O)C3=C[CH]3)cc2)cc1. The monoisotopic (exact) mass is 305 g/mol. The summed E-state index contributed by atoms with van der Waals surface area (Å²) in [7, 11) is 0. The highest BCUT2D eigenvalue weighted by Crippen LogP contribution is 2.23. The molecule has 0 spiro atoms. The fraction of sp³-hybridized carbons (Fsp3) is 0.150. The molecule has 3 nitrogen and oxygen atoms in total. The lowest BCUT2D eigenvalue weighted by molar-refractivity contribution is -0.135. The van der Waals surface area contributed by atoms with Crippen LogP contribution in [-0.2, 0) is 9.59 Å². The van der Waals surface area contributed by atoms with E-state index in [-0.39, 0.29) is 24.6 Å². The van der Waals surface area contributed by atoms with Crippen LogP contribution < -0.4 is 4.74 Å². The first kappa shape index (κ1) is 15.2. The molecule has 0 atom stereocenters. The third kappa shape index (κ3) is 4.16. The molecule has 115 valence electrons. The van der Waals surface area contributed by atoms with Gasteiger partial charge in [0.2, 0.25) is 0 Å². The van der Waals surface area contributed by atoms with Gasteiger partial charge in [0.15, 0.2) is 5.78 Å². The van der Waals surface area contributed by atoms with Gasteiger partial charge in [-0.25, -0.2) is 0 Å². The van der Waals surface area contributed by atoms with Crippen LogP contribution in [0.5, 0.6) is 5.75 Å². The Kier molecular flexibility index (Phi) is 4.38. The molecule has 2 aromatic rings. The van der Waals surface area contributed by atoms with Gasteiger partial charge in [-0.05, 0) is 35.8 Å². The number of carbonyl (C=O) groups excluding carboxylic acids is 2. The topological polar surface area (TPSA) is 43.4 Å². The summed E-state index contributed by atoms with van der Waals surface area (Å²) in [4.78, 5) is 23.2. The van der Waals surface area contributed by atoms with Crippen molar-refractivity contribution in [2.45, 2.75) is 19.8 Å². The molecule has 0 saturated carbocycles. The van der Waals surface area contributed by atoms with Crippen LogP contribution in [-0.4, -0.2) is 11.8 Å². The van der Waals surface area contributed by atoms with Crippen LogP contribution in [0.25, 0.3) is 11.1 Å². The molecule has 1 radical (unpaired) electrons.